The Labute approximate surface area is 565 Å². The smallest absolute Gasteiger partial charge is 0.464 e. The number of carbonyl (C=O) groups is 6. The number of ether oxygens (including phenoxy) is 9. The molecule has 0 amide bonds. The first-order chi connectivity index (χ1) is 42.3. The topological polar surface area (TPSA) is 195 Å². The minimum atomic E-state index is -1.06. The van der Waals surface area contributed by atoms with Crippen LogP contribution in [0.5, 0.6) is 11.5 Å². The molecule has 0 radical (unpaired) electrons. The number of anilines is 2. The number of hydrogen-bond acceptors (Lipinski definition) is 18. The Morgan fingerprint density at radius 3 is 0.979 bits per heavy atom. The van der Waals surface area contributed by atoms with E-state index in [1.807, 2.05) is 150 Å². The van der Waals surface area contributed by atoms with Crippen molar-refractivity contribution in [2.24, 2.45) is 34.5 Å². The van der Waals surface area contributed by atoms with Crippen LogP contribution in [-0.2, 0) is 69.2 Å². The van der Waals surface area contributed by atoms with Crippen molar-refractivity contribution in [2.75, 3.05) is 70.4 Å². The van der Waals surface area contributed by atoms with Crippen LogP contribution < -0.4 is 19.3 Å². The molecule has 4 unspecified atom stereocenters. The molecule has 18 nitrogen and oxygen atoms in total. The van der Waals surface area contributed by atoms with Crippen molar-refractivity contribution in [3.05, 3.63) is 69.9 Å². The molecule has 530 valence electrons. The van der Waals surface area contributed by atoms with Crippen molar-refractivity contribution < 1.29 is 71.4 Å². The highest BCUT2D eigenvalue weighted by Gasteiger charge is 2.52. The molecular formula is C76H121N3O15. The molecule has 94 heavy (non-hydrogen) atoms. The lowest BCUT2D eigenvalue weighted by atomic mass is 9.61. The Balaban J connectivity index is 1.64. The third-order valence-electron chi connectivity index (χ3n) is 16.8. The van der Waals surface area contributed by atoms with Gasteiger partial charge in [-0.3, -0.25) is 14.4 Å². The van der Waals surface area contributed by atoms with Gasteiger partial charge in [-0.05, 0) is 157 Å². The summed E-state index contributed by atoms with van der Waals surface area (Å²) in [5, 5.41) is 0. The second kappa shape index (κ2) is 29.5. The Kier molecular flexibility index (Phi) is 25.1. The number of nitrogens with zero attached hydrogens (tertiary/aromatic N) is 3. The SMILES string of the molecule is CN(CCOC(=O)C1CC(C(=O)OCCN(C)c2cc(C(C)(C)C)c(OC(=O)OC(C)(C)C)c(C(C)(C)C)c2)CC(C(=O)OCCN(C)c2cc(C(C)(C)C)c(OC(=O)OC(C)(C)C)c(C(C)(C)C)c2)C1)C1=CC(C(C)(C)C)C(C)(OC(=O)OC(C)(C)C)C(C(C)(C)C)=C1. The molecule has 0 spiro atoms. The highest BCUT2D eigenvalue weighted by molar-refractivity contribution is 5.80. The van der Waals surface area contributed by atoms with Gasteiger partial charge in [0.2, 0.25) is 0 Å². The minimum Gasteiger partial charge on any atom is -0.464 e. The molecule has 2 aromatic carbocycles. The summed E-state index contributed by atoms with van der Waals surface area (Å²) in [6.07, 6.45) is 2.13. The zero-order valence-corrected chi connectivity index (χ0v) is 63.6. The van der Waals surface area contributed by atoms with Crippen LogP contribution in [0.4, 0.5) is 25.8 Å². The van der Waals surface area contributed by atoms with Gasteiger partial charge in [-0.15, -0.1) is 0 Å². The second-order valence-corrected chi connectivity index (χ2v) is 35.4. The van der Waals surface area contributed by atoms with E-state index in [4.69, 9.17) is 42.6 Å². The van der Waals surface area contributed by atoms with E-state index >= 15 is 0 Å². The molecule has 0 aromatic heterocycles. The quantitative estimate of drug-likeness (QED) is 0.0776. The van der Waals surface area contributed by atoms with Crippen LogP contribution in [0.3, 0.4) is 0 Å². The molecule has 2 aliphatic rings. The fourth-order valence-corrected chi connectivity index (χ4v) is 12.0. The van der Waals surface area contributed by atoms with Crippen LogP contribution in [0.15, 0.2) is 47.7 Å². The van der Waals surface area contributed by atoms with Crippen LogP contribution in [-0.4, -0.2) is 124 Å². The van der Waals surface area contributed by atoms with E-state index in [1.54, 1.807) is 62.3 Å². The van der Waals surface area contributed by atoms with Gasteiger partial charge in [-0.1, -0.05) is 131 Å². The standard InChI is InChI=1S/C76H121N3O15/c1-67(2,3)53-41-50(42-54(68(4,5)6)59(53)89-64(83)91-73(19,20)21)77(29)32-35-86-61(80)47-38-48(62(81)87-36-33-78(30)51-43-55(69(7,8)9)60(56(44-51)70(10,11)12)90-65(84)92-74(22,23)24)40-49(39-47)63(82)88-37-34-79(31)52-45-57(71(13,14)15)76(28,58(46-52)72(16,17)18)94-66(85)93-75(25,26)27/h41-49,57H,32-40H2,1-31H3. The number of carbonyl (C=O) groups excluding carboxylic acids is 6. The summed E-state index contributed by atoms with van der Waals surface area (Å²) < 4.78 is 53.5. The summed E-state index contributed by atoms with van der Waals surface area (Å²) in [6, 6.07) is 7.94. The van der Waals surface area contributed by atoms with E-state index in [2.05, 4.69) is 53.7 Å². The first kappa shape index (κ1) is 80.0. The van der Waals surface area contributed by atoms with Crippen molar-refractivity contribution in [2.45, 2.75) is 257 Å². The number of rotatable bonds is 18. The average Bonchev–Trinajstić information content (AvgIpc) is 0.655. The first-order valence-electron chi connectivity index (χ1n) is 33.5. The molecule has 1 fully saturated rings. The third-order valence-corrected chi connectivity index (χ3v) is 16.8. The number of likely N-dealkylation sites (N-methyl/N-ethyl adjacent to an activating group) is 3. The lowest BCUT2D eigenvalue weighted by molar-refractivity contribution is -0.160. The molecule has 18 heteroatoms. The van der Waals surface area contributed by atoms with Gasteiger partial charge in [-0.2, -0.15) is 0 Å². The summed E-state index contributed by atoms with van der Waals surface area (Å²) in [6.45, 7) is 56.1. The molecular weight excluding hydrogens is 1190 g/mol. The zero-order valence-electron chi connectivity index (χ0n) is 63.6. The summed E-state index contributed by atoms with van der Waals surface area (Å²) in [5.41, 5.74) is 0.643. The van der Waals surface area contributed by atoms with E-state index in [-0.39, 0.29) is 50.4 Å². The monoisotopic (exact) mass is 1320 g/mol. The van der Waals surface area contributed by atoms with Crippen LogP contribution in [0.1, 0.15) is 235 Å². The lowest BCUT2D eigenvalue weighted by Crippen LogP contribution is -2.51. The molecule has 4 atom stereocenters. The molecule has 0 N–H and O–H groups in total. The maximum atomic E-state index is 14.4. The van der Waals surface area contributed by atoms with E-state index in [9.17, 15) is 28.8 Å². The zero-order chi connectivity index (χ0) is 72.2. The maximum absolute atomic E-state index is 14.4. The Hall–Kier alpha value is -6.46. The van der Waals surface area contributed by atoms with E-state index < -0.39 is 104 Å². The number of hydrogen-bond donors (Lipinski definition) is 0. The molecule has 0 heterocycles. The van der Waals surface area contributed by atoms with Gasteiger partial charge in [-0.25, -0.2) is 14.4 Å². The minimum absolute atomic E-state index is 0.000544. The summed E-state index contributed by atoms with van der Waals surface area (Å²) in [7, 11) is 5.73. The normalized spacial score (nSPS) is 19.4. The van der Waals surface area contributed by atoms with Gasteiger partial charge < -0.3 is 57.3 Å². The van der Waals surface area contributed by atoms with Gasteiger partial charge in [0, 0.05) is 66.4 Å². The molecule has 0 saturated heterocycles. The summed E-state index contributed by atoms with van der Waals surface area (Å²) >= 11 is 0. The number of allylic oxidation sites excluding steroid dienone is 1. The largest absolute Gasteiger partial charge is 0.514 e. The van der Waals surface area contributed by atoms with Crippen molar-refractivity contribution in [3.8, 4) is 11.5 Å². The lowest BCUT2D eigenvalue weighted by Gasteiger charge is -2.50. The number of benzene rings is 2. The molecule has 0 aliphatic heterocycles. The van der Waals surface area contributed by atoms with Gasteiger partial charge >= 0.3 is 36.4 Å². The van der Waals surface area contributed by atoms with Gasteiger partial charge in [0.25, 0.3) is 0 Å². The van der Waals surface area contributed by atoms with Crippen LogP contribution >= 0.6 is 0 Å². The van der Waals surface area contributed by atoms with Crippen molar-refractivity contribution in [3.63, 3.8) is 0 Å². The Morgan fingerprint density at radius 1 is 0.426 bits per heavy atom. The molecule has 1 saturated carbocycles. The molecule has 0 bridgehead atoms. The van der Waals surface area contributed by atoms with Gasteiger partial charge in [0.05, 0.1) is 37.4 Å². The molecule has 4 rings (SSSR count). The molecule has 2 aliphatic carbocycles. The third kappa shape index (κ3) is 22.9. The van der Waals surface area contributed by atoms with E-state index in [1.165, 1.54) is 0 Å². The van der Waals surface area contributed by atoms with Crippen molar-refractivity contribution in [1.29, 1.82) is 0 Å². The van der Waals surface area contributed by atoms with Crippen LogP contribution in [0, 0.1) is 34.5 Å². The summed E-state index contributed by atoms with van der Waals surface area (Å²) in [4.78, 5) is 89.0. The van der Waals surface area contributed by atoms with E-state index in [0.29, 0.717) is 31.1 Å². The van der Waals surface area contributed by atoms with Crippen molar-refractivity contribution in [1.82, 2.24) is 4.90 Å². The Morgan fingerprint density at radius 2 is 0.713 bits per heavy atom. The predicted octanol–water partition coefficient (Wildman–Crippen LogP) is 16.9. The van der Waals surface area contributed by atoms with Crippen LogP contribution in [0.2, 0.25) is 0 Å². The second-order valence-electron chi connectivity index (χ2n) is 35.4. The highest BCUT2D eigenvalue weighted by Crippen LogP contribution is 2.52. The van der Waals surface area contributed by atoms with Crippen LogP contribution in [0.25, 0.3) is 0 Å². The highest BCUT2D eigenvalue weighted by atomic mass is 16.7. The van der Waals surface area contributed by atoms with Gasteiger partial charge in [0.15, 0.2) is 0 Å². The fourth-order valence-electron chi connectivity index (χ4n) is 12.0. The van der Waals surface area contributed by atoms with Gasteiger partial charge in [0.1, 0.15) is 53.7 Å². The maximum Gasteiger partial charge on any atom is 0.514 e. The fraction of sp³-hybridized carbons (Fsp3) is 0.711. The van der Waals surface area contributed by atoms with E-state index in [0.717, 1.165) is 44.9 Å². The van der Waals surface area contributed by atoms with Crippen molar-refractivity contribution >= 4 is 47.7 Å². The molecule has 2 aromatic rings. The Bertz CT molecular complexity index is 2880. The average molecular weight is 1320 g/mol. The predicted molar refractivity (Wildman–Crippen MR) is 372 cm³/mol. The first-order valence-corrected chi connectivity index (χ1v) is 33.5. The summed E-state index contributed by atoms with van der Waals surface area (Å²) in [5.74, 6) is -3.53. The number of esters is 3.